The molecule has 0 spiro atoms. The number of rotatable bonds is 3. The van der Waals surface area contributed by atoms with Crippen LogP contribution in [0.5, 0.6) is 0 Å². The van der Waals surface area contributed by atoms with Gasteiger partial charge in [-0.1, -0.05) is 6.42 Å². The van der Waals surface area contributed by atoms with E-state index in [0.29, 0.717) is 22.9 Å². The van der Waals surface area contributed by atoms with Crippen LogP contribution in [0.3, 0.4) is 0 Å². The lowest BCUT2D eigenvalue weighted by molar-refractivity contribution is 0.0490. The molecule has 0 aliphatic heterocycles. The molecule has 3 rings (SSSR count). The minimum absolute atomic E-state index is 0.0617. The molecule has 0 radical (unpaired) electrons. The predicted octanol–water partition coefficient (Wildman–Crippen LogP) is 4.27. The molecular weight excluding hydrogens is 361 g/mol. The molecule has 1 aliphatic rings. The second kappa shape index (κ2) is 7.45. The van der Waals surface area contributed by atoms with Gasteiger partial charge in [-0.15, -0.1) is 0 Å². The van der Waals surface area contributed by atoms with Crippen molar-refractivity contribution in [3.8, 4) is 0 Å². The van der Waals surface area contributed by atoms with E-state index in [4.69, 9.17) is 10.5 Å². The van der Waals surface area contributed by atoms with Crippen molar-refractivity contribution in [1.29, 1.82) is 0 Å². The number of hydrogen-bond acceptors (Lipinski definition) is 3. The molecule has 28 heavy (non-hydrogen) atoms. The number of nitrogens with two attached hydrogens (primary N) is 1. The van der Waals surface area contributed by atoms with Crippen LogP contribution < -0.4 is 11.1 Å². The molecule has 2 atom stereocenters. The zero-order valence-electron chi connectivity index (χ0n) is 16.8. The summed E-state index contributed by atoms with van der Waals surface area (Å²) >= 11 is 0. The third-order valence-corrected chi connectivity index (χ3v) is 5.11. The lowest BCUT2D eigenvalue weighted by Gasteiger charge is -2.31. The van der Waals surface area contributed by atoms with Gasteiger partial charge in [0, 0.05) is 22.7 Å². The second-order valence-electron chi connectivity index (χ2n) is 8.63. The average Bonchev–Trinajstić information content (AvgIpc) is 2.93. The third kappa shape index (κ3) is 4.29. The van der Waals surface area contributed by atoms with Gasteiger partial charge in [0.25, 0.3) is 5.91 Å². The van der Waals surface area contributed by atoms with Crippen molar-refractivity contribution in [3.05, 3.63) is 34.8 Å². The number of aromatic nitrogens is 1. The third-order valence-electron chi connectivity index (χ3n) is 5.11. The molecule has 7 heteroatoms. The van der Waals surface area contributed by atoms with E-state index in [2.05, 4.69) is 10.3 Å². The summed E-state index contributed by atoms with van der Waals surface area (Å²) in [6.07, 6.45) is 2.67. The van der Waals surface area contributed by atoms with Gasteiger partial charge in [-0.05, 0) is 65.0 Å². The van der Waals surface area contributed by atoms with Gasteiger partial charge in [-0.3, -0.25) is 4.79 Å². The molecule has 4 N–H and O–H groups in total. The first-order valence-corrected chi connectivity index (χ1v) is 9.66. The smallest absolute Gasteiger partial charge is 0.407 e. The van der Waals surface area contributed by atoms with Crippen molar-refractivity contribution in [2.45, 2.75) is 70.9 Å². The summed E-state index contributed by atoms with van der Waals surface area (Å²) in [6, 6.07) is 2.99. The van der Waals surface area contributed by atoms with Crippen molar-refractivity contribution in [3.63, 3.8) is 0 Å². The van der Waals surface area contributed by atoms with Crippen LogP contribution >= 0.6 is 0 Å². The number of fused-ring (bicyclic) bond motifs is 1. The summed E-state index contributed by atoms with van der Waals surface area (Å²) in [4.78, 5) is 27.0. The van der Waals surface area contributed by atoms with Crippen LogP contribution in [0.1, 0.15) is 74.0 Å². The number of aryl methyl sites for hydroxylation is 1. The van der Waals surface area contributed by atoms with Crippen LogP contribution in [-0.4, -0.2) is 28.6 Å². The number of H-pyrrole nitrogens is 1. The molecule has 1 aromatic carbocycles. The minimum atomic E-state index is -0.662. The van der Waals surface area contributed by atoms with Crippen molar-refractivity contribution in [2.24, 2.45) is 5.73 Å². The van der Waals surface area contributed by atoms with E-state index in [1.165, 1.54) is 6.07 Å². The number of carbonyl (C=O) groups excluding carboxylic acids is 2. The summed E-state index contributed by atoms with van der Waals surface area (Å²) in [7, 11) is 0. The van der Waals surface area contributed by atoms with E-state index in [9.17, 15) is 9.59 Å². The molecule has 1 aromatic heterocycles. The first-order valence-electron chi connectivity index (χ1n) is 9.66. The largest absolute Gasteiger partial charge is 0.444 e. The number of primary amides is 1. The van der Waals surface area contributed by atoms with Gasteiger partial charge >= 0.3 is 6.09 Å². The van der Waals surface area contributed by atoms with Crippen LogP contribution in [0.25, 0.3) is 10.9 Å². The molecule has 0 bridgehead atoms. The lowest BCUT2D eigenvalue weighted by atomic mass is 9.79. The van der Waals surface area contributed by atoms with Gasteiger partial charge in [0.2, 0.25) is 0 Å². The van der Waals surface area contributed by atoms with Crippen LogP contribution in [-0.2, 0) is 4.74 Å². The van der Waals surface area contributed by atoms with Crippen LogP contribution in [0.15, 0.2) is 12.1 Å². The zero-order valence-corrected chi connectivity index (χ0v) is 16.8. The Hall–Kier alpha value is -2.57. The van der Waals surface area contributed by atoms with E-state index < -0.39 is 23.4 Å². The quantitative estimate of drug-likeness (QED) is 0.731. The molecule has 1 aliphatic carbocycles. The van der Waals surface area contributed by atoms with E-state index in [1.807, 2.05) is 33.8 Å². The predicted molar refractivity (Wildman–Crippen MR) is 106 cm³/mol. The van der Waals surface area contributed by atoms with Crippen molar-refractivity contribution >= 4 is 22.9 Å². The molecule has 1 fully saturated rings. The summed E-state index contributed by atoms with van der Waals surface area (Å²) in [6.45, 7) is 7.31. The van der Waals surface area contributed by atoms with Gasteiger partial charge in [0.15, 0.2) is 0 Å². The maximum Gasteiger partial charge on any atom is 0.407 e. The maximum absolute atomic E-state index is 15.0. The number of alkyl carbamates (subject to hydrolysis) is 1. The Morgan fingerprint density at radius 1 is 1.29 bits per heavy atom. The maximum atomic E-state index is 15.0. The summed E-state index contributed by atoms with van der Waals surface area (Å²) in [5, 5.41) is 3.60. The standard InChI is InChI=1S/C21H28FN3O3/c1-11-8-14-17(16(22)10-15(19(23)26)18(14)24-11)12-6-5-7-13(9-12)25-20(27)28-21(2,3)4/h8,10,12-13,24H,5-7,9H2,1-4H3,(H2,23,26)(H,25,27). The summed E-state index contributed by atoms with van der Waals surface area (Å²) in [5.41, 5.74) is 7.01. The monoisotopic (exact) mass is 389 g/mol. The fraction of sp³-hybridized carbons (Fsp3) is 0.524. The Morgan fingerprint density at radius 2 is 2.00 bits per heavy atom. The Balaban J connectivity index is 1.88. The van der Waals surface area contributed by atoms with E-state index in [-0.39, 0.29) is 17.5 Å². The van der Waals surface area contributed by atoms with Gasteiger partial charge < -0.3 is 20.8 Å². The molecule has 2 aromatic rings. The molecule has 2 amide bonds. The summed E-state index contributed by atoms with van der Waals surface area (Å²) in [5.74, 6) is -1.15. The lowest BCUT2D eigenvalue weighted by Crippen LogP contribution is -2.41. The topological polar surface area (TPSA) is 97.2 Å². The highest BCUT2D eigenvalue weighted by molar-refractivity contribution is 6.06. The Bertz CT molecular complexity index is 914. The zero-order chi connectivity index (χ0) is 20.6. The van der Waals surface area contributed by atoms with Crippen molar-refractivity contribution in [1.82, 2.24) is 10.3 Å². The highest BCUT2D eigenvalue weighted by Gasteiger charge is 2.30. The van der Waals surface area contributed by atoms with Crippen LogP contribution in [0.2, 0.25) is 0 Å². The number of carbonyl (C=O) groups is 2. The van der Waals surface area contributed by atoms with E-state index in [1.54, 1.807) is 0 Å². The first-order chi connectivity index (χ1) is 13.0. The number of aromatic amines is 1. The van der Waals surface area contributed by atoms with Gasteiger partial charge in [-0.25, -0.2) is 9.18 Å². The summed E-state index contributed by atoms with van der Waals surface area (Å²) < 4.78 is 20.4. The molecular formula is C21H28FN3O3. The van der Waals surface area contributed by atoms with Gasteiger partial charge in [-0.2, -0.15) is 0 Å². The second-order valence-corrected chi connectivity index (χ2v) is 8.63. The molecule has 152 valence electrons. The number of hydrogen-bond donors (Lipinski definition) is 3. The van der Waals surface area contributed by atoms with Crippen LogP contribution in [0, 0.1) is 12.7 Å². The molecule has 2 unspecified atom stereocenters. The Morgan fingerprint density at radius 3 is 2.64 bits per heavy atom. The van der Waals surface area contributed by atoms with Gasteiger partial charge in [0.05, 0.1) is 11.1 Å². The average molecular weight is 389 g/mol. The van der Waals surface area contributed by atoms with Crippen molar-refractivity contribution < 1.29 is 18.7 Å². The first kappa shape index (κ1) is 20.2. The van der Waals surface area contributed by atoms with Crippen LogP contribution in [0.4, 0.5) is 9.18 Å². The van der Waals surface area contributed by atoms with Gasteiger partial charge in [0.1, 0.15) is 11.4 Å². The molecule has 1 saturated carbocycles. The number of benzene rings is 1. The number of amides is 2. The Kier molecular flexibility index (Phi) is 5.37. The minimum Gasteiger partial charge on any atom is -0.444 e. The molecule has 6 nitrogen and oxygen atoms in total. The molecule has 0 saturated heterocycles. The normalized spacial score (nSPS) is 20.2. The van der Waals surface area contributed by atoms with E-state index >= 15 is 4.39 Å². The van der Waals surface area contributed by atoms with Crippen molar-refractivity contribution in [2.75, 3.05) is 0 Å². The Labute approximate surface area is 164 Å². The highest BCUT2D eigenvalue weighted by atomic mass is 19.1. The number of ether oxygens (including phenoxy) is 1. The fourth-order valence-corrected chi connectivity index (χ4v) is 4.09. The number of halogens is 1. The highest BCUT2D eigenvalue weighted by Crippen LogP contribution is 2.39. The number of nitrogens with one attached hydrogen (secondary N) is 2. The molecule has 1 heterocycles. The SMILES string of the molecule is Cc1cc2c(C3CCCC(NC(=O)OC(C)(C)C)C3)c(F)cc(C(N)=O)c2[nH]1. The van der Waals surface area contributed by atoms with E-state index in [0.717, 1.165) is 25.0 Å². The fourth-order valence-electron chi connectivity index (χ4n) is 4.09.